The first-order valence-corrected chi connectivity index (χ1v) is 29.5. The first-order valence-electron chi connectivity index (χ1n) is 29.5. The maximum Gasteiger partial charge on any atom is 0.119 e. The maximum atomic E-state index is 6.65. The summed E-state index contributed by atoms with van der Waals surface area (Å²) in [6, 6.07) is 85.8. The van der Waals surface area contributed by atoms with Gasteiger partial charge in [0, 0.05) is 0 Å². The van der Waals surface area contributed by atoms with Crippen molar-refractivity contribution in [3.05, 3.63) is 253 Å². The Balaban J connectivity index is 0.931. The lowest BCUT2D eigenvalue weighted by molar-refractivity contribution is 0.304. The van der Waals surface area contributed by atoms with Crippen LogP contribution in [0.1, 0.15) is 113 Å². The zero-order valence-corrected chi connectivity index (χ0v) is 46.2. The highest BCUT2D eigenvalue weighted by atomic mass is 16.5. The molecule has 0 fully saturated rings. The van der Waals surface area contributed by atoms with Gasteiger partial charge in [-0.1, -0.05) is 272 Å². The van der Waals surface area contributed by atoms with Gasteiger partial charge in [0.1, 0.15) is 11.5 Å². The van der Waals surface area contributed by atoms with Crippen molar-refractivity contribution in [3.8, 4) is 101 Å². The minimum Gasteiger partial charge on any atom is -0.494 e. The molecule has 0 heterocycles. The summed E-state index contributed by atoms with van der Waals surface area (Å²) in [6.07, 6.45) is 14.8. The fourth-order valence-electron chi connectivity index (χ4n) is 12.6. The van der Waals surface area contributed by atoms with Crippen molar-refractivity contribution in [2.24, 2.45) is 0 Å². The topological polar surface area (TPSA) is 18.5 Å². The van der Waals surface area contributed by atoms with E-state index in [1.165, 1.54) is 175 Å². The van der Waals surface area contributed by atoms with E-state index in [0.717, 1.165) is 37.6 Å². The average molecular weight is 1030 g/mol. The van der Waals surface area contributed by atoms with Crippen LogP contribution in [0.25, 0.3) is 89.0 Å². The van der Waals surface area contributed by atoms with Gasteiger partial charge in [-0.2, -0.15) is 0 Å². The van der Waals surface area contributed by atoms with Gasteiger partial charge in [-0.3, -0.25) is 0 Å². The Kier molecular flexibility index (Phi) is 15.5. The van der Waals surface area contributed by atoms with E-state index in [9.17, 15) is 0 Å². The van der Waals surface area contributed by atoms with Crippen LogP contribution < -0.4 is 9.47 Å². The summed E-state index contributed by atoms with van der Waals surface area (Å²) in [7, 11) is 0. The fraction of sp³-hybridized carbons (Fsp3) is 0.221. The van der Waals surface area contributed by atoms with Crippen LogP contribution in [0, 0.1) is 0 Å². The quantitative estimate of drug-likeness (QED) is 0.0630. The number of benzene rings is 10. The fourth-order valence-corrected chi connectivity index (χ4v) is 12.6. The van der Waals surface area contributed by atoms with Crippen molar-refractivity contribution in [3.63, 3.8) is 0 Å². The molecule has 2 heteroatoms. The lowest BCUT2D eigenvalue weighted by Gasteiger charge is -2.31. The van der Waals surface area contributed by atoms with E-state index >= 15 is 0 Å². The molecule has 392 valence electrons. The molecule has 0 unspecified atom stereocenters. The second-order valence-electron chi connectivity index (χ2n) is 22.0. The Morgan fingerprint density at radius 3 is 0.873 bits per heavy atom. The molecule has 0 atom stereocenters. The summed E-state index contributed by atoms with van der Waals surface area (Å²) < 4.78 is 13.3. The van der Waals surface area contributed by atoms with Crippen LogP contribution in [-0.2, 0) is 5.41 Å². The molecule has 0 aliphatic heterocycles. The molecule has 0 N–H and O–H groups in total. The van der Waals surface area contributed by atoms with E-state index in [1.807, 2.05) is 0 Å². The number of rotatable bonds is 22. The predicted octanol–water partition coefficient (Wildman–Crippen LogP) is 21.5. The Labute approximate surface area is 469 Å². The Morgan fingerprint density at radius 1 is 0.241 bits per heavy atom. The van der Waals surface area contributed by atoms with Crippen molar-refractivity contribution >= 4 is 0 Å². The third-order valence-corrected chi connectivity index (χ3v) is 16.8. The molecule has 10 aromatic carbocycles. The molecule has 1 spiro atoms. The monoisotopic (exact) mass is 1030 g/mol. The average Bonchev–Trinajstić information content (AvgIpc) is 3.61. The number of hydrogen-bond donors (Lipinski definition) is 0. The largest absolute Gasteiger partial charge is 0.494 e. The summed E-state index contributed by atoms with van der Waals surface area (Å²) in [5.41, 5.74) is 24.2. The van der Waals surface area contributed by atoms with Gasteiger partial charge in [0.25, 0.3) is 0 Å². The first-order chi connectivity index (χ1) is 39.1. The molecular weight excluding hydrogens is 957 g/mol. The molecule has 2 nitrogen and oxygen atoms in total. The Hall–Kier alpha value is -8.20. The summed E-state index contributed by atoms with van der Waals surface area (Å²) in [5, 5.41) is 0. The summed E-state index contributed by atoms with van der Waals surface area (Å²) in [5.74, 6) is 1.86. The zero-order chi connectivity index (χ0) is 53.4. The molecule has 0 saturated heterocycles. The van der Waals surface area contributed by atoms with Crippen molar-refractivity contribution in [2.45, 2.75) is 96.3 Å². The standard InChI is InChI=1S/C77H72O2/c1-3-5-7-9-11-19-49-78-67-43-47-73-71(53-67)72-54-68(79-50-20-12-10-8-6-4-2)44-48-74(72)77(73)75-51-65(63-37-33-61(34-38-63)59-29-25-57(26-30-59)55-21-15-13-16-22-55)41-45-69(75)70-46-42-66(52-76(70)77)64-39-35-62(36-40-64)60-31-27-58(28-32-60)56-23-17-14-18-24-56/h13-18,21-48,51-54H,3-12,19-20,49-50H2,1-2H3. The molecule has 12 rings (SSSR count). The Bertz CT molecular complexity index is 3400. The van der Waals surface area contributed by atoms with Crippen LogP contribution in [0.2, 0.25) is 0 Å². The van der Waals surface area contributed by atoms with Gasteiger partial charge in [0.2, 0.25) is 0 Å². The maximum absolute atomic E-state index is 6.65. The van der Waals surface area contributed by atoms with Crippen molar-refractivity contribution in [1.29, 1.82) is 0 Å². The minimum atomic E-state index is -0.585. The van der Waals surface area contributed by atoms with Crippen molar-refractivity contribution < 1.29 is 9.47 Å². The molecule has 10 aromatic rings. The normalized spacial score (nSPS) is 12.5. The highest BCUT2D eigenvalue weighted by Gasteiger charge is 2.52. The first kappa shape index (κ1) is 51.6. The van der Waals surface area contributed by atoms with E-state index in [1.54, 1.807) is 0 Å². The lowest BCUT2D eigenvalue weighted by atomic mass is 9.70. The predicted molar refractivity (Wildman–Crippen MR) is 333 cm³/mol. The minimum absolute atomic E-state index is 0.585. The molecule has 0 saturated carbocycles. The van der Waals surface area contributed by atoms with Gasteiger partial charge in [-0.25, -0.2) is 0 Å². The van der Waals surface area contributed by atoms with Gasteiger partial charge >= 0.3 is 0 Å². The van der Waals surface area contributed by atoms with Crippen LogP contribution in [0.4, 0.5) is 0 Å². The number of hydrogen-bond acceptors (Lipinski definition) is 2. The van der Waals surface area contributed by atoms with E-state index in [0.29, 0.717) is 0 Å². The molecule has 2 aliphatic carbocycles. The molecule has 79 heavy (non-hydrogen) atoms. The second-order valence-corrected chi connectivity index (χ2v) is 22.0. The van der Waals surface area contributed by atoms with Crippen LogP contribution in [0.3, 0.4) is 0 Å². The van der Waals surface area contributed by atoms with Crippen LogP contribution in [-0.4, -0.2) is 13.2 Å². The van der Waals surface area contributed by atoms with Gasteiger partial charge in [-0.15, -0.1) is 0 Å². The third kappa shape index (κ3) is 10.6. The summed E-state index contributed by atoms with van der Waals surface area (Å²) >= 11 is 0. The molecule has 2 aliphatic rings. The number of ether oxygens (including phenoxy) is 2. The van der Waals surface area contributed by atoms with Crippen LogP contribution in [0.5, 0.6) is 11.5 Å². The highest BCUT2D eigenvalue weighted by Crippen LogP contribution is 2.64. The van der Waals surface area contributed by atoms with E-state index in [2.05, 4.69) is 244 Å². The number of fused-ring (bicyclic) bond motifs is 10. The van der Waals surface area contributed by atoms with E-state index in [-0.39, 0.29) is 0 Å². The SMILES string of the molecule is CCCCCCCCOc1ccc2c(c1)-c1cc(OCCCCCCCC)ccc1C21c2cc(-c3ccc(-c4ccc(-c5ccccc5)cc4)cc3)ccc2-c2ccc(-c3ccc(-c4ccc(-c5ccccc5)cc4)cc3)cc21. The lowest BCUT2D eigenvalue weighted by Crippen LogP contribution is -2.26. The second kappa shape index (κ2) is 23.8. The molecule has 0 radical (unpaired) electrons. The molecular formula is C77H72O2. The molecule has 0 amide bonds. The molecule has 0 bridgehead atoms. The summed E-state index contributed by atoms with van der Waals surface area (Å²) in [6.45, 7) is 6.00. The van der Waals surface area contributed by atoms with Gasteiger partial charge < -0.3 is 9.47 Å². The van der Waals surface area contributed by atoms with Crippen molar-refractivity contribution in [2.75, 3.05) is 13.2 Å². The van der Waals surface area contributed by atoms with Crippen molar-refractivity contribution in [1.82, 2.24) is 0 Å². The third-order valence-electron chi connectivity index (χ3n) is 16.8. The number of unbranched alkanes of at least 4 members (excludes halogenated alkanes) is 10. The highest BCUT2D eigenvalue weighted by molar-refractivity contribution is 5.97. The van der Waals surface area contributed by atoms with E-state index < -0.39 is 5.41 Å². The van der Waals surface area contributed by atoms with Crippen LogP contribution >= 0.6 is 0 Å². The van der Waals surface area contributed by atoms with Crippen LogP contribution in [0.15, 0.2) is 231 Å². The van der Waals surface area contributed by atoms with E-state index in [4.69, 9.17) is 9.47 Å². The smallest absolute Gasteiger partial charge is 0.119 e. The Morgan fingerprint density at radius 2 is 0.532 bits per heavy atom. The zero-order valence-electron chi connectivity index (χ0n) is 46.2. The van der Waals surface area contributed by atoms with Gasteiger partial charge in [0.15, 0.2) is 0 Å². The van der Waals surface area contributed by atoms with Gasteiger partial charge in [0.05, 0.1) is 18.6 Å². The summed E-state index contributed by atoms with van der Waals surface area (Å²) in [4.78, 5) is 0. The van der Waals surface area contributed by atoms with Gasteiger partial charge in [-0.05, 0) is 161 Å². The molecule has 0 aromatic heterocycles.